The fraction of sp³-hybridized carbons (Fsp3) is 0.238. The average molecular weight is 350 g/mol. The predicted octanol–water partition coefficient (Wildman–Crippen LogP) is 4.26. The Morgan fingerprint density at radius 1 is 1.23 bits per heavy atom. The van der Waals surface area contributed by atoms with E-state index in [9.17, 15) is 10.1 Å². The van der Waals surface area contributed by atoms with Gasteiger partial charge in [0.2, 0.25) is 0 Å². The molecule has 2 rings (SSSR count). The highest BCUT2D eigenvalue weighted by Gasteiger charge is 2.12. The second-order valence-corrected chi connectivity index (χ2v) is 5.71. The van der Waals surface area contributed by atoms with Crippen molar-refractivity contribution in [3.63, 3.8) is 0 Å². The van der Waals surface area contributed by atoms with E-state index in [4.69, 9.17) is 9.47 Å². The molecule has 5 heteroatoms. The molecule has 0 atom stereocenters. The molecular formula is C21H22N2O3. The van der Waals surface area contributed by atoms with Gasteiger partial charge in [-0.2, -0.15) is 5.26 Å². The Bertz CT molecular complexity index is 879. The largest absolute Gasteiger partial charge is 0.493 e. The van der Waals surface area contributed by atoms with Gasteiger partial charge in [0.25, 0.3) is 5.91 Å². The molecule has 26 heavy (non-hydrogen) atoms. The van der Waals surface area contributed by atoms with E-state index in [2.05, 4.69) is 5.32 Å². The Morgan fingerprint density at radius 2 is 2.00 bits per heavy atom. The summed E-state index contributed by atoms with van der Waals surface area (Å²) >= 11 is 0. The van der Waals surface area contributed by atoms with Crippen molar-refractivity contribution in [2.75, 3.05) is 19.0 Å². The lowest BCUT2D eigenvalue weighted by Crippen LogP contribution is -2.14. The first-order valence-electron chi connectivity index (χ1n) is 8.30. The minimum atomic E-state index is -0.449. The molecule has 0 aliphatic carbocycles. The van der Waals surface area contributed by atoms with Gasteiger partial charge in [0.15, 0.2) is 11.5 Å². The average Bonchev–Trinajstić information content (AvgIpc) is 2.64. The van der Waals surface area contributed by atoms with Crippen LogP contribution in [0.5, 0.6) is 11.5 Å². The minimum absolute atomic E-state index is 0.0125. The van der Waals surface area contributed by atoms with Gasteiger partial charge in [-0.1, -0.05) is 18.2 Å². The van der Waals surface area contributed by atoms with Crippen molar-refractivity contribution in [3.8, 4) is 17.6 Å². The predicted molar refractivity (Wildman–Crippen MR) is 102 cm³/mol. The van der Waals surface area contributed by atoms with E-state index in [1.54, 1.807) is 25.3 Å². The Morgan fingerprint density at radius 3 is 2.65 bits per heavy atom. The molecule has 2 aromatic carbocycles. The van der Waals surface area contributed by atoms with Crippen molar-refractivity contribution in [2.24, 2.45) is 0 Å². The quantitative estimate of drug-likeness (QED) is 0.624. The summed E-state index contributed by atoms with van der Waals surface area (Å²) in [5, 5.41) is 12.2. The van der Waals surface area contributed by atoms with Crippen molar-refractivity contribution >= 4 is 17.7 Å². The van der Waals surface area contributed by atoms with Gasteiger partial charge in [0, 0.05) is 5.69 Å². The van der Waals surface area contributed by atoms with Crippen molar-refractivity contribution in [2.45, 2.75) is 20.8 Å². The van der Waals surface area contributed by atoms with Crippen LogP contribution in [-0.2, 0) is 4.79 Å². The van der Waals surface area contributed by atoms with Crippen LogP contribution >= 0.6 is 0 Å². The number of hydrogen-bond acceptors (Lipinski definition) is 4. The molecule has 0 radical (unpaired) electrons. The summed E-state index contributed by atoms with van der Waals surface area (Å²) in [6.45, 7) is 6.26. The van der Waals surface area contributed by atoms with E-state index < -0.39 is 5.91 Å². The lowest BCUT2D eigenvalue weighted by molar-refractivity contribution is -0.112. The maximum absolute atomic E-state index is 12.5. The first-order chi connectivity index (χ1) is 12.5. The zero-order chi connectivity index (χ0) is 19.1. The van der Waals surface area contributed by atoms with Crippen LogP contribution in [0.3, 0.4) is 0 Å². The number of rotatable bonds is 6. The molecular weight excluding hydrogens is 328 g/mol. The van der Waals surface area contributed by atoms with E-state index in [0.29, 0.717) is 29.4 Å². The van der Waals surface area contributed by atoms with Gasteiger partial charge in [-0.3, -0.25) is 4.79 Å². The number of ether oxygens (including phenoxy) is 2. The molecule has 5 nitrogen and oxygen atoms in total. The summed E-state index contributed by atoms with van der Waals surface area (Å²) in [4.78, 5) is 12.5. The molecule has 1 N–H and O–H groups in total. The number of carbonyl (C=O) groups is 1. The SMILES string of the molecule is CCOc1cc(C=C(C#N)C(=O)Nc2cccc(C)c2C)ccc1OC. The molecule has 0 bridgehead atoms. The summed E-state index contributed by atoms with van der Waals surface area (Å²) in [6, 6.07) is 12.9. The number of nitriles is 1. The van der Waals surface area contributed by atoms with Crippen molar-refractivity contribution in [1.29, 1.82) is 5.26 Å². The van der Waals surface area contributed by atoms with Crippen LogP contribution in [0.4, 0.5) is 5.69 Å². The molecule has 134 valence electrons. The maximum Gasteiger partial charge on any atom is 0.266 e. The summed E-state index contributed by atoms with van der Waals surface area (Å²) in [6.07, 6.45) is 1.53. The molecule has 0 spiro atoms. The minimum Gasteiger partial charge on any atom is -0.493 e. The van der Waals surface area contributed by atoms with Crippen LogP contribution in [0.25, 0.3) is 6.08 Å². The van der Waals surface area contributed by atoms with Gasteiger partial charge in [-0.25, -0.2) is 0 Å². The molecule has 0 heterocycles. The summed E-state index contributed by atoms with van der Waals surface area (Å²) in [5.74, 6) is 0.716. The Labute approximate surface area is 153 Å². The number of hydrogen-bond donors (Lipinski definition) is 1. The van der Waals surface area contributed by atoms with Crippen LogP contribution in [0, 0.1) is 25.2 Å². The van der Waals surface area contributed by atoms with Gasteiger partial charge in [-0.15, -0.1) is 0 Å². The Balaban J connectivity index is 2.29. The monoisotopic (exact) mass is 350 g/mol. The first-order valence-corrected chi connectivity index (χ1v) is 8.30. The van der Waals surface area contributed by atoms with Crippen molar-refractivity contribution in [1.82, 2.24) is 0 Å². The number of methoxy groups -OCH3 is 1. The van der Waals surface area contributed by atoms with Crippen LogP contribution in [0.1, 0.15) is 23.6 Å². The van der Waals surface area contributed by atoms with Gasteiger partial charge in [0.05, 0.1) is 13.7 Å². The highest BCUT2D eigenvalue weighted by Crippen LogP contribution is 2.29. The van der Waals surface area contributed by atoms with Crippen molar-refractivity contribution in [3.05, 3.63) is 58.7 Å². The smallest absolute Gasteiger partial charge is 0.266 e. The molecule has 2 aromatic rings. The Hall–Kier alpha value is -3.26. The third-order valence-electron chi connectivity index (χ3n) is 4.02. The number of aryl methyl sites for hydroxylation is 1. The van der Waals surface area contributed by atoms with E-state index in [1.165, 1.54) is 6.08 Å². The van der Waals surface area contributed by atoms with Crippen molar-refractivity contribution < 1.29 is 14.3 Å². The van der Waals surface area contributed by atoms with Gasteiger partial charge in [0.1, 0.15) is 11.6 Å². The van der Waals surface area contributed by atoms with Gasteiger partial charge >= 0.3 is 0 Å². The highest BCUT2D eigenvalue weighted by molar-refractivity contribution is 6.10. The molecule has 0 saturated heterocycles. The van der Waals surface area contributed by atoms with E-state index >= 15 is 0 Å². The Kier molecular flexibility index (Phi) is 6.40. The molecule has 0 fully saturated rings. The number of nitrogens with zero attached hydrogens (tertiary/aromatic N) is 1. The van der Waals surface area contributed by atoms with Gasteiger partial charge < -0.3 is 14.8 Å². The van der Waals surface area contributed by atoms with Crippen LogP contribution in [0.15, 0.2) is 42.0 Å². The molecule has 0 aromatic heterocycles. The standard InChI is InChI=1S/C21H22N2O3/c1-5-26-20-12-16(9-10-19(20)25-4)11-17(13-22)21(24)23-18-8-6-7-14(2)15(18)3/h6-12H,5H2,1-4H3,(H,23,24). The van der Waals surface area contributed by atoms with Crippen LogP contribution in [-0.4, -0.2) is 19.6 Å². The maximum atomic E-state index is 12.5. The summed E-state index contributed by atoms with van der Waals surface area (Å²) < 4.78 is 10.8. The van der Waals surface area contributed by atoms with E-state index in [1.807, 2.05) is 45.0 Å². The lowest BCUT2D eigenvalue weighted by atomic mass is 10.1. The topological polar surface area (TPSA) is 71.3 Å². The summed E-state index contributed by atoms with van der Waals surface area (Å²) in [5.41, 5.74) is 3.43. The van der Waals surface area contributed by atoms with Gasteiger partial charge in [-0.05, 0) is 61.7 Å². The number of amides is 1. The second kappa shape index (κ2) is 8.72. The number of carbonyl (C=O) groups excluding carboxylic acids is 1. The number of benzene rings is 2. The zero-order valence-electron chi connectivity index (χ0n) is 15.4. The fourth-order valence-electron chi connectivity index (χ4n) is 2.44. The molecule has 0 aliphatic heterocycles. The molecule has 0 aliphatic rings. The zero-order valence-corrected chi connectivity index (χ0v) is 15.4. The third kappa shape index (κ3) is 4.42. The van der Waals surface area contributed by atoms with Crippen LogP contribution in [0.2, 0.25) is 0 Å². The summed E-state index contributed by atoms with van der Waals surface area (Å²) in [7, 11) is 1.56. The normalized spacial score (nSPS) is 10.8. The van der Waals surface area contributed by atoms with E-state index in [-0.39, 0.29) is 5.57 Å². The second-order valence-electron chi connectivity index (χ2n) is 5.71. The number of nitrogens with one attached hydrogen (secondary N) is 1. The fourth-order valence-corrected chi connectivity index (χ4v) is 2.44. The molecule has 0 unspecified atom stereocenters. The van der Waals surface area contributed by atoms with E-state index in [0.717, 1.165) is 11.1 Å². The van der Waals surface area contributed by atoms with Crippen LogP contribution < -0.4 is 14.8 Å². The molecule has 0 saturated carbocycles. The first kappa shape index (κ1) is 19.1. The lowest BCUT2D eigenvalue weighted by Gasteiger charge is -2.11. The third-order valence-corrected chi connectivity index (χ3v) is 4.02. The number of anilines is 1. The molecule has 1 amide bonds. The highest BCUT2D eigenvalue weighted by atomic mass is 16.5.